The predicted octanol–water partition coefficient (Wildman–Crippen LogP) is 3.01. The van der Waals surface area contributed by atoms with Crippen LogP contribution in [0, 0.1) is 5.92 Å². The number of rotatable bonds is 4. The Hall–Kier alpha value is -1.85. The third kappa shape index (κ3) is 4.12. The van der Waals surface area contributed by atoms with Gasteiger partial charge in [-0.05, 0) is 25.3 Å². The van der Waals surface area contributed by atoms with Gasteiger partial charge >= 0.3 is 0 Å². The third-order valence-electron chi connectivity index (χ3n) is 4.33. The molecule has 0 saturated heterocycles. The lowest BCUT2D eigenvalue weighted by atomic mass is 9.84. The molecule has 3 rings (SSSR count). The molecular formula is C17H22ClN3O2. The second-order valence-corrected chi connectivity index (χ2v) is 5.80. The molecular weight excluding hydrogens is 314 g/mol. The number of nitrogens with zero attached hydrogens (tertiary/aromatic N) is 1. The lowest BCUT2D eigenvalue weighted by molar-refractivity contribution is 0.0899. The molecule has 0 radical (unpaired) electrons. The number of nitrogens with two attached hydrogens (primary N) is 1. The smallest absolute Gasteiger partial charge is 0.273 e. The molecule has 3 N–H and O–H groups in total. The molecule has 23 heavy (non-hydrogen) atoms. The van der Waals surface area contributed by atoms with Crippen LogP contribution in [0.3, 0.4) is 0 Å². The molecule has 1 aromatic carbocycles. The second-order valence-electron chi connectivity index (χ2n) is 5.80. The SMILES string of the molecule is Cl.NCC1CCCCC1NC(=O)c1cc(-c2ccccc2)on1. The van der Waals surface area contributed by atoms with Crippen molar-refractivity contribution in [3.63, 3.8) is 0 Å². The molecule has 1 aliphatic carbocycles. The van der Waals surface area contributed by atoms with Crippen molar-refractivity contribution in [1.29, 1.82) is 0 Å². The Morgan fingerprint density at radius 3 is 2.74 bits per heavy atom. The van der Waals surface area contributed by atoms with Crippen molar-refractivity contribution in [2.75, 3.05) is 6.54 Å². The van der Waals surface area contributed by atoms with Gasteiger partial charge in [-0.3, -0.25) is 4.79 Å². The first-order valence-corrected chi connectivity index (χ1v) is 7.81. The summed E-state index contributed by atoms with van der Waals surface area (Å²) in [5.74, 6) is 0.777. The van der Waals surface area contributed by atoms with Crippen LogP contribution in [0.25, 0.3) is 11.3 Å². The number of hydrogen-bond donors (Lipinski definition) is 2. The Balaban J connectivity index is 0.00000192. The zero-order valence-corrected chi connectivity index (χ0v) is 13.7. The van der Waals surface area contributed by atoms with Crippen molar-refractivity contribution in [1.82, 2.24) is 10.5 Å². The zero-order valence-electron chi connectivity index (χ0n) is 12.9. The van der Waals surface area contributed by atoms with Crippen LogP contribution in [0.1, 0.15) is 36.2 Å². The predicted molar refractivity (Wildman–Crippen MR) is 91.5 cm³/mol. The van der Waals surface area contributed by atoms with E-state index in [0.29, 0.717) is 23.9 Å². The van der Waals surface area contributed by atoms with Crippen LogP contribution in [0.5, 0.6) is 0 Å². The minimum atomic E-state index is -0.184. The van der Waals surface area contributed by atoms with Crippen LogP contribution in [0.15, 0.2) is 40.9 Å². The standard InChI is InChI=1S/C17H21N3O2.ClH/c18-11-13-8-4-5-9-14(13)19-17(21)15-10-16(22-20-15)12-6-2-1-3-7-12;/h1-3,6-7,10,13-14H,4-5,8-9,11,18H2,(H,19,21);1H. The van der Waals surface area contributed by atoms with Crippen molar-refractivity contribution in [3.05, 3.63) is 42.1 Å². The molecule has 1 saturated carbocycles. The number of carbonyl (C=O) groups excluding carboxylic acids is 1. The summed E-state index contributed by atoms with van der Waals surface area (Å²) in [4.78, 5) is 12.3. The maximum absolute atomic E-state index is 12.3. The Bertz CT molecular complexity index is 630. The summed E-state index contributed by atoms with van der Waals surface area (Å²) in [6.45, 7) is 0.610. The maximum atomic E-state index is 12.3. The summed E-state index contributed by atoms with van der Waals surface area (Å²) in [7, 11) is 0. The first-order chi connectivity index (χ1) is 10.8. The highest BCUT2D eigenvalue weighted by Crippen LogP contribution is 2.24. The first kappa shape index (κ1) is 17.5. The highest BCUT2D eigenvalue weighted by atomic mass is 35.5. The summed E-state index contributed by atoms with van der Waals surface area (Å²) in [6.07, 6.45) is 4.39. The van der Waals surface area contributed by atoms with E-state index in [1.54, 1.807) is 6.07 Å². The van der Waals surface area contributed by atoms with Crippen LogP contribution in [-0.4, -0.2) is 23.7 Å². The van der Waals surface area contributed by atoms with Gasteiger partial charge in [0.05, 0.1) is 0 Å². The monoisotopic (exact) mass is 335 g/mol. The van der Waals surface area contributed by atoms with E-state index in [1.807, 2.05) is 30.3 Å². The molecule has 124 valence electrons. The van der Waals surface area contributed by atoms with Crippen LogP contribution >= 0.6 is 12.4 Å². The van der Waals surface area contributed by atoms with Crippen LogP contribution in [0.2, 0.25) is 0 Å². The molecule has 0 bridgehead atoms. The number of hydrogen-bond acceptors (Lipinski definition) is 4. The van der Waals surface area contributed by atoms with Gasteiger partial charge in [-0.2, -0.15) is 0 Å². The van der Waals surface area contributed by atoms with E-state index in [9.17, 15) is 4.79 Å². The molecule has 2 aromatic rings. The minimum absolute atomic E-state index is 0. The summed E-state index contributed by atoms with van der Waals surface area (Å²) in [6, 6.07) is 11.5. The fourth-order valence-corrected chi connectivity index (χ4v) is 3.04. The van der Waals surface area contributed by atoms with E-state index in [1.165, 1.54) is 6.42 Å². The molecule has 6 heteroatoms. The molecule has 0 spiro atoms. The van der Waals surface area contributed by atoms with E-state index in [-0.39, 0.29) is 24.4 Å². The van der Waals surface area contributed by atoms with Crippen LogP contribution in [0.4, 0.5) is 0 Å². The maximum Gasteiger partial charge on any atom is 0.273 e. The van der Waals surface area contributed by atoms with Crippen LogP contribution in [-0.2, 0) is 0 Å². The van der Waals surface area contributed by atoms with Gasteiger partial charge in [0.2, 0.25) is 0 Å². The first-order valence-electron chi connectivity index (χ1n) is 7.81. The molecule has 2 atom stereocenters. The summed E-state index contributed by atoms with van der Waals surface area (Å²) in [5.41, 5.74) is 7.03. The Labute approximate surface area is 142 Å². The Kier molecular flexibility index (Phi) is 6.19. The van der Waals surface area contributed by atoms with Gasteiger partial charge in [-0.1, -0.05) is 48.3 Å². The van der Waals surface area contributed by atoms with Gasteiger partial charge in [-0.25, -0.2) is 0 Å². The van der Waals surface area contributed by atoms with E-state index in [2.05, 4.69) is 10.5 Å². The fourth-order valence-electron chi connectivity index (χ4n) is 3.04. The zero-order chi connectivity index (χ0) is 15.4. The highest BCUT2D eigenvalue weighted by molar-refractivity contribution is 5.93. The van der Waals surface area contributed by atoms with E-state index in [4.69, 9.17) is 10.3 Å². The summed E-state index contributed by atoms with van der Waals surface area (Å²) < 4.78 is 5.28. The number of nitrogens with one attached hydrogen (secondary N) is 1. The van der Waals surface area contributed by atoms with Crippen molar-refractivity contribution >= 4 is 18.3 Å². The largest absolute Gasteiger partial charge is 0.355 e. The number of carbonyl (C=O) groups is 1. The van der Waals surface area contributed by atoms with Gasteiger partial charge in [0, 0.05) is 17.7 Å². The molecule has 1 amide bonds. The molecule has 1 heterocycles. The van der Waals surface area contributed by atoms with Crippen molar-refractivity contribution in [2.45, 2.75) is 31.7 Å². The lowest BCUT2D eigenvalue weighted by Crippen LogP contribution is -2.44. The normalized spacial score (nSPS) is 20.6. The van der Waals surface area contributed by atoms with Gasteiger partial charge < -0.3 is 15.6 Å². The molecule has 1 fully saturated rings. The second kappa shape index (κ2) is 8.13. The van der Waals surface area contributed by atoms with Crippen molar-refractivity contribution in [3.8, 4) is 11.3 Å². The van der Waals surface area contributed by atoms with Gasteiger partial charge in [0.1, 0.15) is 0 Å². The van der Waals surface area contributed by atoms with Gasteiger partial charge in [-0.15, -0.1) is 12.4 Å². The topological polar surface area (TPSA) is 81.1 Å². The van der Waals surface area contributed by atoms with Crippen LogP contribution < -0.4 is 11.1 Å². The summed E-state index contributed by atoms with van der Waals surface area (Å²) >= 11 is 0. The number of benzene rings is 1. The number of amides is 1. The van der Waals surface area contributed by atoms with Gasteiger partial charge in [0.15, 0.2) is 11.5 Å². The van der Waals surface area contributed by atoms with E-state index in [0.717, 1.165) is 24.8 Å². The molecule has 1 aromatic heterocycles. The lowest BCUT2D eigenvalue weighted by Gasteiger charge is -2.30. The Morgan fingerprint density at radius 2 is 2.00 bits per heavy atom. The average Bonchev–Trinajstić information content (AvgIpc) is 3.06. The average molecular weight is 336 g/mol. The van der Waals surface area contributed by atoms with Crippen molar-refractivity contribution < 1.29 is 9.32 Å². The minimum Gasteiger partial charge on any atom is -0.355 e. The third-order valence-corrected chi connectivity index (χ3v) is 4.33. The highest BCUT2D eigenvalue weighted by Gasteiger charge is 2.26. The van der Waals surface area contributed by atoms with E-state index >= 15 is 0 Å². The van der Waals surface area contributed by atoms with Gasteiger partial charge in [0.25, 0.3) is 5.91 Å². The fraction of sp³-hybridized carbons (Fsp3) is 0.412. The number of aromatic nitrogens is 1. The molecule has 2 unspecified atom stereocenters. The van der Waals surface area contributed by atoms with E-state index < -0.39 is 0 Å². The molecule has 0 aliphatic heterocycles. The summed E-state index contributed by atoms with van der Waals surface area (Å²) in [5, 5.41) is 6.95. The Morgan fingerprint density at radius 1 is 1.26 bits per heavy atom. The molecule has 5 nitrogen and oxygen atoms in total. The molecule has 1 aliphatic rings. The van der Waals surface area contributed by atoms with Crippen molar-refractivity contribution in [2.24, 2.45) is 11.7 Å². The number of halogens is 1. The quantitative estimate of drug-likeness (QED) is 0.900.